The van der Waals surface area contributed by atoms with Gasteiger partial charge in [0, 0.05) is 18.3 Å². The first kappa shape index (κ1) is 23.1. The Morgan fingerprint density at radius 3 is 2.44 bits per heavy atom. The smallest absolute Gasteiger partial charge is 0.389 e. The standard InChI is InChI=1S/C21H18F4N4O3/c1-20(2,32)11-27-18(30)15-9-16(12-6-7-17(26-10-12)21(23,24)25)28-29(19(15)31)14-5-3-4-13(22)8-14/h3-10,32H,11H2,1-2H3,(H,27,30). The molecular weight excluding hydrogens is 432 g/mol. The molecule has 0 aliphatic heterocycles. The van der Waals surface area contributed by atoms with Crippen LogP contribution in [0, 0.1) is 5.82 Å². The Bertz CT molecular complexity index is 1200. The molecule has 2 aromatic heterocycles. The van der Waals surface area contributed by atoms with Crippen LogP contribution >= 0.6 is 0 Å². The van der Waals surface area contributed by atoms with E-state index < -0.39 is 40.3 Å². The van der Waals surface area contributed by atoms with Crippen molar-refractivity contribution < 1.29 is 27.5 Å². The summed E-state index contributed by atoms with van der Waals surface area (Å²) in [4.78, 5) is 28.9. The topological polar surface area (TPSA) is 97.1 Å². The first-order valence-electron chi connectivity index (χ1n) is 9.30. The third kappa shape index (κ3) is 5.35. The second-order valence-electron chi connectivity index (χ2n) is 7.57. The van der Waals surface area contributed by atoms with Crippen molar-refractivity contribution >= 4 is 5.91 Å². The van der Waals surface area contributed by atoms with Crippen LogP contribution in [0.25, 0.3) is 16.9 Å². The molecule has 3 aromatic rings. The number of hydrogen-bond donors (Lipinski definition) is 2. The zero-order valence-electron chi connectivity index (χ0n) is 16.9. The van der Waals surface area contributed by atoms with Gasteiger partial charge < -0.3 is 10.4 Å². The van der Waals surface area contributed by atoms with Crippen molar-refractivity contribution in [1.29, 1.82) is 0 Å². The molecule has 1 aromatic carbocycles. The molecule has 1 amide bonds. The van der Waals surface area contributed by atoms with Gasteiger partial charge in [0.15, 0.2) is 0 Å². The van der Waals surface area contributed by atoms with Crippen LogP contribution in [0.1, 0.15) is 29.9 Å². The van der Waals surface area contributed by atoms with Gasteiger partial charge in [0.1, 0.15) is 17.1 Å². The molecule has 0 saturated heterocycles. The maximum absolute atomic E-state index is 13.7. The van der Waals surface area contributed by atoms with Crippen LogP contribution in [0.5, 0.6) is 0 Å². The highest BCUT2D eigenvalue weighted by atomic mass is 19.4. The number of nitrogens with one attached hydrogen (secondary N) is 1. The molecular formula is C21H18F4N4O3. The summed E-state index contributed by atoms with van der Waals surface area (Å²) >= 11 is 0. The average molecular weight is 450 g/mol. The predicted octanol–water partition coefficient (Wildman–Crippen LogP) is 2.95. The SMILES string of the molecule is CC(C)(O)CNC(=O)c1cc(-c2ccc(C(F)(F)F)nc2)nn(-c2cccc(F)c2)c1=O. The van der Waals surface area contributed by atoms with Gasteiger partial charge in [-0.3, -0.25) is 14.6 Å². The predicted molar refractivity (Wildman–Crippen MR) is 107 cm³/mol. The van der Waals surface area contributed by atoms with Crippen molar-refractivity contribution in [3.8, 4) is 16.9 Å². The Morgan fingerprint density at radius 1 is 1.16 bits per heavy atom. The minimum absolute atomic E-state index is 0.00765. The lowest BCUT2D eigenvalue weighted by Crippen LogP contribution is -2.41. The molecule has 0 fully saturated rings. The molecule has 2 heterocycles. The zero-order valence-corrected chi connectivity index (χ0v) is 16.9. The molecule has 0 spiro atoms. The Kier molecular flexibility index (Phi) is 6.13. The van der Waals surface area contributed by atoms with Gasteiger partial charge >= 0.3 is 6.18 Å². The molecule has 0 bridgehead atoms. The van der Waals surface area contributed by atoms with E-state index >= 15 is 0 Å². The molecule has 2 N–H and O–H groups in total. The fraction of sp³-hybridized carbons (Fsp3) is 0.238. The van der Waals surface area contributed by atoms with Crippen LogP contribution in [0.2, 0.25) is 0 Å². The highest BCUT2D eigenvalue weighted by Gasteiger charge is 2.32. The molecule has 0 saturated carbocycles. The van der Waals surface area contributed by atoms with E-state index in [0.29, 0.717) is 0 Å². The van der Waals surface area contributed by atoms with Crippen LogP contribution in [-0.2, 0) is 6.18 Å². The fourth-order valence-electron chi connectivity index (χ4n) is 2.69. The van der Waals surface area contributed by atoms with Gasteiger partial charge in [0.2, 0.25) is 0 Å². The van der Waals surface area contributed by atoms with Crippen molar-refractivity contribution in [2.45, 2.75) is 25.6 Å². The summed E-state index contributed by atoms with van der Waals surface area (Å²) in [6, 6.07) is 7.81. The fourth-order valence-corrected chi connectivity index (χ4v) is 2.69. The Morgan fingerprint density at radius 2 is 1.88 bits per heavy atom. The highest BCUT2D eigenvalue weighted by Crippen LogP contribution is 2.28. The van der Waals surface area contributed by atoms with Gasteiger partial charge in [-0.2, -0.15) is 23.0 Å². The highest BCUT2D eigenvalue weighted by molar-refractivity contribution is 5.94. The summed E-state index contributed by atoms with van der Waals surface area (Å²) in [5, 5.41) is 16.3. The summed E-state index contributed by atoms with van der Waals surface area (Å²) in [5.74, 6) is -1.50. The maximum Gasteiger partial charge on any atom is 0.433 e. The summed E-state index contributed by atoms with van der Waals surface area (Å²) in [6.45, 7) is 2.72. The minimum atomic E-state index is -4.64. The number of hydrogen-bond acceptors (Lipinski definition) is 5. The first-order chi connectivity index (χ1) is 14.8. The van der Waals surface area contributed by atoms with E-state index in [-0.39, 0.29) is 23.5 Å². The zero-order chi connectivity index (χ0) is 23.7. The molecule has 3 rings (SSSR count). The molecule has 11 heteroatoms. The van der Waals surface area contributed by atoms with Crippen LogP contribution in [-0.4, -0.2) is 37.9 Å². The Hall–Kier alpha value is -3.60. The summed E-state index contributed by atoms with van der Waals surface area (Å²) in [7, 11) is 0. The van der Waals surface area contributed by atoms with E-state index in [0.717, 1.165) is 41.2 Å². The number of amides is 1. The third-order valence-corrected chi connectivity index (χ3v) is 4.24. The van der Waals surface area contributed by atoms with Gasteiger partial charge in [-0.1, -0.05) is 6.07 Å². The van der Waals surface area contributed by atoms with Crippen LogP contribution in [0.4, 0.5) is 17.6 Å². The van der Waals surface area contributed by atoms with Crippen molar-refractivity contribution in [3.05, 3.63) is 76.1 Å². The molecule has 0 aliphatic carbocycles. The molecule has 0 atom stereocenters. The second-order valence-corrected chi connectivity index (χ2v) is 7.57. The number of alkyl halides is 3. The van der Waals surface area contributed by atoms with E-state index in [2.05, 4.69) is 15.4 Å². The number of nitrogens with zero attached hydrogens (tertiary/aromatic N) is 3. The Balaban J connectivity index is 2.14. The van der Waals surface area contributed by atoms with E-state index in [1.54, 1.807) is 0 Å². The number of benzene rings is 1. The minimum Gasteiger partial charge on any atom is -0.389 e. The van der Waals surface area contributed by atoms with E-state index in [1.165, 1.54) is 26.0 Å². The van der Waals surface area contributed by atoms with E-state index in [1.807, 2.05) is 0 Å². The quantitative estimate of drug-likeness (QED) is 0.583. The van der Waals surface area contributed by atoms with Crippen LogP contribution < -0.4 is 10.9 Å². The van der Waals surface area contributed by atoms with E-state index in [4.69, 9.17) is 0 Å². The molecule has 32 heavy (non-hydrogen) atoms. The van der Waals surface area contributed by atoms with Crippen LogP contribution in [0.15, 0.2) is 53.5 Å². The summed E-state index contributed by atoms with van der Waals surface area (Å²) in [6.07, 6.45) is -3.74. The maximum atomic E-state index is 13.7. The normalized spacial score (nSPS) is 12.0. The third-order valence-electron chi connectivity index (χ3n) is 4.24. The molecule has 0 unspecified atom stereocenters. The van der Waals surface area contributed by atoms with Gasteiger partial charge in [-0.15, -0.1) is 0 Å². The number of pyridine rings is 1. The van der Waals surface area contributed by atoms with Crippen molar-refractivity contribution in [1.82, 2.24) is 20.1 Å². The molecule has 0 aliphatic rings. The summed E-state index contributed by atoms with van der Waals surface area (Å²) < 4.78 is 52.9. The average Bonchev–Trinajstić information content (AvgIpc) is 2.71. The van der Waals surface area contributed by atoms with Gasteiger partial charge in [-0.25, -0.2) is 4.39 Å². The number of carbonyl (C=O) groups excluding carboxylic acids is 1. The number of rotatable bonds is 5. The number of aromatic nitrogens is 3. The monoisotopic (exact) mass is 450 g/mol. The number of carbonyl (C=O) groups is 1. The molecule has 7 nitrogen and oxygen atoms in total. The lowest BCUT2D eigenvalue weighted by Gasteiger charge is -2.18. The van der Waals surface area contributed by atoms with E-state index in [9.17, 15) is 32.3 Å². The largest absolute Gasteiger partial charge is 0.433 e. The lowest BCUT2D eigenvalue weighted by atomic mass is 10.1. The van der Waals surface area contributed by atoms with Gasteiger partial charge in [-0.05, 0) is 50.2 Å². The van der Waals surface area contributed by atoms with Crippen molar-refractivity contribution in [2.75, 3.05) is 6.54 Å². The number of aliphatic hydroxyl groups is 1. The molecule has 0 radical (unpaired) electrons. The first-order valence-corrected chi connectivity index (χ1v) is 9.30. The van der Waals surface area contributed by atoms with Crippen LogP contribution in [0.3, 0.4) is 0 Å². The summed E-state index contributed by atoms with van der Waals surface area (Å²) in [5.41, 5.74) is -3.60. The van der Waals surface area contributed by atoms with Gasteiger partial charge in [0.25, 0.3) is 11.5 Å². The van der Waals surface area contributed by atoms with Crippen molar-refractivity contribution in [3.63, 3.8) is 0 Å². The van der Waals surface area contributed by atoms with Crippen molar-refractivity contribution in [2.24, 2.45) is 0 Å². The molecule has 168 valence electrons. The lowest BCUT2D eigenvalue weighted by molar-refractivity contribution is -0.141. The Labute approximate surface area is 179 Å². The van der Waals surface area contributed by atoms with Gasteiger partial charge in [0.05, 0.1) is 17.0 Å². The second kappa shape index (κ2) is 8.50. The number of halogens is 4.